The van der Waals surface area contributed by atoms with Gasteiger partial charge in [0, 0.05) is 17.1 Å². The second-order valence-electron chi connectivity index (χ2n) is 7.43. The highest BCUT2D eigenvalue weighted by atomic mass is 16.4. The maximum atomic E-state index is 12.8. The Balaban J connectivity index is 1.59. The number of aromatic hydroxyl groups is 1. The molecule has 0 atom stereocenters. The zero-order valence-electron chi connectivity index (χ0n) is 16.6. The molecule has 5 nitrogen and oxygen atoms in total. The molecule has 0 saturated carbocycles. The van der Waals surface area contributed by atoms with Gasteiger partial charge in [0.15, 0.2) is 5.78 Å². The number of carbonyl (C=O) groups is 1. The molecule has 150 valence electrons. The molecule has 0 aliphatic rings. The minimum atomic E-state index is -0.495. The van der Waals surface area contributed by atoms with Gasteiger partial charge < -0.3 is 9.52 Å². The van der Waals surface area contributed by atoms with Gasteiger partial charge in [-0.2, -0.15) is 0 Å². The second kappa shape index (κ2) is 7.22. The van der Waals surface area contributed by atoms with Crippen molar-refractivity contribution in [1.82, 2.24) is 4.98 Å². The lowest BCUT2D eigenvalue weighted by atomic mass is 10.0. The van der Waals surface area contributed by atoms with Crippen LogP contribution in [0.4, 0.5) is 0 Å². The lowest BCUT2D eigenvalue weighted by Gasteiger charge is -2.07. The molecule has 0 radical (unpaired) electrons. The molecule has 0 amide bonds. The lowest BCUT2D eigenvalue weighted by Crippen LogP contribution is -2.06. The summed E-state index contributed by atoms with van der Waals surface area (Å²) in [5, 5.41) is 12.9. The van der Waals surface area contributed by atoms with Crippen LogP contribution < -0.4 is 5.63 Å². The molecule has 31 heavy (non-hydrogen) atoms. The molecule has 0 aliphatic carbocycles. The van der Waals surface area contributed by atoms with Crippen LogP contribution in [0.2, 0.25) is 0 Å². The summed E-state index contributed by atoms with van der Waals surface area (Å²) in [6, 6.07) is 21.4. The number of fused-ring (bicyclic) bond motifs is 3. The summed E-state index contributed by atoms with van der Waals surface area (Å²) in [7, 11) is 0. The van der Waals surface area contributed by atoms with Crippen molar-refractivity contribution in [2.24, 2.45) is 0 Å². The summed E-state index contributed by atoms with van der Waals surface area (Å²) in [5.41, 5.74) is 2.15. The summed E-state index contributed by atoms with van der Waals surface area (Å²) in [6.07, 6.45) is 1.41. The molecule has 5 rings (SSSR count). The first-order valence-electron chi connectivity index (χ1n) is 9.77. The van der Waals surface area contributed by atoms with Crippen LogP contribution in [0, 0.1) is 6.92 Å². The Morgan fingerprint density at radius 3 is 2.58 bits per heavy atom. The number of pyridine rings is 1. The number of phenolic OH excluding ortho intramolecular Hbond substituents is 1. The summed E-state index contributed by atoms with van der Waals surface area (Å²) < 4.78 is 5.54. The quantitative estimate of drug-likeness (QED) is 0.251. The van der Waals surface area contributed by atoms with E-state index in [0.717, 1.165) is 21.7 Å². The molecule has 2 heterocycles. The highest BCUT2D eigenvalue weighted by molar-refractivity contribution is 6.10. The minimum absolute atomic E-state index is 0.0817. The lowest BCUT2D eigenvalue weighted by molar-refractivity contribution is 0.103. The Morgan fingerprint density at radius 2 is 1.77 bits per heavy atom. The van der Waals surface area contributed by atoms with Crippen LogP contribution in [-0.4, -0.2) is 15.9 Å². The van der Waals surface area contributed by atoms with Gasteiger partial charge in [0.1, 0.15) is 11.3 Å². The Hall–Kier alpha value is -4.25. The Labute approximate surface area is 177 Å². The number of nitrogens with zero attached hydrogens (tertiary/aromatic N) is 1. The number of hydrogen-bond acceptors (Lipinski definition) is 5. The van der Waals surface area contributed by atoms with E-state index in [0.29, 0.717) is 22.4 Å². The van der Waals surface area contributed by atoms with Crippen LogP contribution in [-0.2, 0) is 0 Å². The molecule has 0 bridgehead atoms. The van der Waals surface area contributed by atoms with Crippen LogP contribution in [0.5, 0.6) is 5.75 Å². The normalized spacial score (nSPS) is 11.1. The predicted octanol–water partition coefficient (Wildman–Crippen LogP) is 5.25. The number of rotatable bonds is 3. The number of benzene rings is 3. The van der Waals surface area contributed by atoms with Gasteiger partial charge in [-0.15, -0.1) is 0 Å². The summed E-state index contributed by atoms with van der Waals surface area (Å²) in [4.78, 5) is 29.7. The van der Waals surface area contributed by atoms with E-state index in [2.05, 4.69) is 4.98 Å². The number of hydrogen-bond donors (Lipinski definition) is 1. The molecule has 1 N–H and O–H groups in total. The highest BCUT2D eigenvalue weighted by Crippen LogP contribution is 2.28. The molecule has 0 fully saturated rings. The monoisotopic (exact) mass is 407 g/mol. The molecular formula is C26H17NO4. The van der Waals surface area contributed by atoms with E-state index in [-0.39, 0.29) is 17.1 Å². The molecular weight excluding hydrogens is 390 g/mol. The van der Waals surface area contributed by atoms with Crippen molar-refractivity contribution in [1.29, 1.82) is 0 Å². The standard InChI is InChI=1S/C26H17NO4/c1-15-6-10-23(28)21(12-15)25(29)17-7-9-22(27-14-17)20-13-19-18-5-3-2-4-16(18)8-11-24(19)31-26(20)30/h2-14,28H,1H3. The van der Waals surface area contributed by atoms with E-state index in [1.807, 2.05) is 37.3 Å². The predicted molar refractivity (Wildman–Crippen MR) is 119 cm³/mol. The third-order valence-corrected chi connectivity index (χ3v) is 5.34. The summed E-state index contributed by atoms with van der Waals surface area (Å²) >= 11 is 0. The third-order valence-electron chi connectivity index (χ3n) is 5.34. The van der Waals surface area contributed by atoms with Gasteiger partial charge in [-0.25, -0.2) is 4.79 Å². The average molecular weight is 407 g/mol. The summed E-state index contributed by atoms with van der Waals surface area (Å²) in [6.45, 7) is 1.85. The van der Waals surface area contributed by atoms with E-state index in [1.54, 1.807) is 36.4 Å². The fourth-order valence-corrected chi connectivity index (χ4v) is 3.72. The first-order valence-corrected chi connectivity index (χ1v) is 9.77. The van der Waals surface area contributed by atoms with E-state index in [1.165, 1.54) is 12.3 Å². The third kappa shape index (κ3) is 3.26. The molecule has 0 unspecified atom stereocenters. The van der Waals surface area contributed by atoms with Crippen molar-refractivity contribution < 1.29 is 14.3 Å². The second-order valence-corrected chi connectivity index (χ2v) is 7.43. The zero-order chi connectivity index (χ0) is 21.5. The number of aromatic nitrogens is 1. The number of phenols is 1. The van der Waals surface area contributed by atoms with Gasteiger partial charge >= 0.3 is 5.63 Å². The Bertz CT molecular complexity index is 1530. The molecule has 2 aromatic heterocycles. The van der Waals surface area contributed by atoms with E-state index in [9.17, 15) is 14.7 Å². The summed E-state index contributed by atoms with van der Waals surface area (Å²) in [5.74, 6) is -0.418. The van der Waals surface area contributed by atoms with Crippen molar-refractivity contribution in [3.8, 4) is 17.0 Å². The SMILES string of the molecule is Cc1ccc(O)c(C(=O)c2ccc(-c3cc4c(ccc5ccccc54)oc3=O)nc2)c1. The molecule has 3 aromatic carbocycles. The highest BCUT2D eigenvalue weighted by Gasteiger charge is 2.16. The van der Waals surface area contributed by atoms with Crippen molar-refractivity contribution in [3.63, 3.8) is 0 Å². The number of carbonyl (C=O) groups excluding carboxylic acids is 1. The van der Waals surface area contributed by atoms with Gasteiger partial charge in [0.2, 0.25) is 0 Å². The molecule has 0 spiro atoms. The molecule has 5 aromatic rings. The number of ketones is 1. The largest absolute Gasteiger partial charge is 0.507 e. The van der Waals surface area contributed by atoms with E-state index in [4.69, 9.17) is 4.42 Å². The topological polar surface area (TPSA) is 80.4 Å². The van der Waals surface area contributed by atoms with Gasteiger partial charge in [-0.1, -0.05) is 42.0 Å². The fraction of sp³-hybridized carbons (Fsp3) is 0.0385. The van der Waals surface area contributed by atoms with E-state index < -0.39 is 5.63 Å². The fourth-order valence-electron chi connectivity index (χ4n) is 3.72. The van der Waals surface area contributed by atoms with Gasteiger partial charge in [-0.05, 0) is 54.1 Å². The molecule has 5 heteroatoms. The first-order chi connectivity index (χ1) is 15.0. The van der Waals surface area contributed by atoms with E-state index >= 15 is 0 Å². The molecule has 0 saturated heterocycles. The smallest absolute Gasteiger partial charge is 0.345 e. The zero-order valence-corrected chi connectivity index (χ0v) is 16.6. The van der Waals surface area contributed by atoms with Gasteiger partial charge in [-0.3, -0.25) is 9.78 Å². The molecule has 0 aliphatic heterocycles. The van der Waals surface area contributed by atoms with Crippen molar-refractivity contribution >= 4 is 27.5 Å². The Kier molecular flexibility index (Phi) is 4.37. The Morgan fingerprint density at radius 1 is 0.935 bits per heavy atom. The van der Waals surface area contributed by atoms with Gasteiger partial charge in [0.25, 0.3) is 0 Å². The minimum Gasteiger partial charge on any atom is -0.507 e. The number of aryl methyl sites for hydroxylation is 1. The van der Waals surface area contributed by atoms with Crippen molar-refractivity contribution in [3.05, 3.63) is 106 Å². The van der Waals surface area contributed by atoms with Crippen molar-refractivity contribution in [2.75, 3.05) is 0 Å². The van der Waals surface area contributed by atoms with Crippen LogP contribution in [0.3, 0.4) is 0 Å². The first kappa shape index (κ1) is 18.8. The van der Waals surface area contributed by atoms with Crippen LogP contribution in [0.1, 0.15) is 21.5 Å². The maximum Gasteiger partial charge on any atom is 0.345 e. The maximum absolute atomic E-state index is 12.8. The van der Waals surface area contributed by atoms with Gasteiger partial charge in [0.05, 0.1) is 16.8 Å². The van der Waals surface area contributed by atoms with Crippen molar-refractivity contribution in [2.45, 2.75) is 6.92 Å². The van der Waals surface area contributed by atoms with Crippen LogP contribution in [0.15, 0.2) is 88.2 Å². The van der Waals surface area contributed by atoms with Crippen LogP contribution in [0.25, 0.3) is 33.0 Å². The van der Waals surface area contributed by atoms with Crippen LogP contribution >= 0.6 is 0 Å². The average Bonchev–Trinajstić information content (AvgIpc) is 2.80.